The van der Waals surface area contributed by atoms with Crippen LogP contribution in [0.25, 0.3) is 0 Å². The molecule has 0 radical (unpaired) electrons. The van der Waals surface area contributed by atoms with Gasteiger partial charge in [0.1, 0.15) is 17.7 Å². The van der Waals surface area contributed by atoms with Crippen LogP contribution in [-0.4, -0.2) is 51.7 Å². The zero-order chi connectivity index (χ0) is 21.5. The first-order valence-corrected chi connectivity index (χ1v) is 10.3. The zero-order valence-electron chi connectivity index (χ0n) is 16.7. The third-order valence-electron chi connectivity index (χ3n) is 6.07. The number of hydrogen-bond donors (Lipinski definition) is 4. The van der Waals surface area contributed by atoms with Crippen LogP contribution in [0.2, 0.25) is 0 Å². The van der Waals surface area contributed by atoms with Gasteiger partial charge in [-0.3, -0.25) is 24.5 Å². The van der Waals surface area contributed by atoms with E-state index in [1.807, 2.05) is 6.07 Å². The number of aromatic nitrogens is 2. The van der Waals surface area contributed by atoms with Gasteiger partial charge in [-0.2, -0.15) is 0 Å². The van der Waals surface area contributed by atoms with E-state index >= 15 is 0 Å². The van der Waals surface area contributed by atoms with Gasteiger partial charge in [0, 0.05) is 50.1 Å². The van der Waals surface area contributed by atoms with Gasteiger partial charge >= 0.3 is 0 Å². The lowest BCUT2D eigenvalue weighted by Gasteiger charge is -2.29. The zero-order valence-corrected chi connectivity index (χ0v) is 16.7. The van der Waals surface area contributed by atoms with Crippen LogP contribution in [0.3, 0.4) is 0 Å². The Balaban J connectivity index is 1.34. The Morgan fingerprint density at radius 3 is 2.74 bits per heavy atom. The molecule has 2 fully saturated rings. The van der Waals surface area contributed by atoms with Crippen LogP contribution < -0.4 is 21.5 Å². The Bertz CT molecular complexity index is 1140. The summed E-state index contributed by atoms with van der Waals surface area (Å²) < 4.78 is 0. The van der Waals surface area contributed by atoms with Crippen LogP contribution in [0, 0.1) is 0 Å². The molecule has 31 heavy (non-hydrogen) atoms. The summed E-state index contributed by atoms with van der Waals surface area (Å²) in [4.78, 5) is 57.5. The summed E-state index contributed by atoms with van der Waals surface area (Å²) >= 11 is 0. The minimum atomic E-state index is -0.647. The van der Waals surface area contributed by atoms with Crippen molar-refractivity contribution >= 4 is 23.5 Å². The maximum absolute atomic E-state index is 12.9. The number of fused-ring (bicyclic) bond motifs is 1. The molecule has 2 saturated heterocycles. The Morgan fingerprint density at radius 1 is 1.16 bits per heavy atom. The second-order valence-corrected chi connectivity index (χ2v) is 8.07. The SMILES string of the molecule is O=C1CCC(N2Cc3c(CNc4cc(=O)[nH]c(C5CNC5)n4)cccc3C2=O)C(=O)N1. The first-order chi connectivity index (χ1) is 15.0. The molecule has 0 saturated carbocycles. The maximum atomic E-state index is 12.9. The molecule has 0 spiro atoms. The molecule has 1 unspecified atom stereocenters. The van der Waals surface area contributed by atoms with Gasteiger partial charge in [-0.15, -0.1) is 0 Å². The third-order valence-corrected chi connectivity index (χ3v) is 6.07. The Kier molecular flexibility index (Phi) is 4.78. The predicted octanol–water partition coefficient (Wildman–Crippen LogP) is -0.170. The van der Waals surface area contributed by atoms with E-state index in [9.17, 15) is 19.2 Å². The van der Waals surface area contributed by atoms with Crippen LogP contribution in [0.4, 0.5) is 5.82 Å². The maximum Gasteiger partial charge on any atom is 0.255 e. The van der Waals surface area contributed by atoms with E-state index in [2.05, 4.69) is 25.9 Å². The summed E-state index contributed by atoms with van der Waals surface area (Å²) in [6, 6.07) is 6.24. The van der Waals surface area contributed by atoms with Gasteiger partial charge in [-0.1, -0.05) is 12.1 Å². The molecule has 160 valence electrons. The molecular weight excluding hydrogens is 400 g/mol. The number of amides is 3. The first-order valence-electron chi connectivity index (χ1n) is 10.3. The van der Waals surface area contributed by atoms with Gasteiger partial charge in [0.05, 0.1) is 0 Å². The highest BCUT2D eigenvalue weighted by atomic mass is 16.2. The Hall–Kier alpha value is -3.53. The summed E-state index contributed by atoms with van der Waals surface area (Å²) in [5, 5.41) is 8.67. The number of nitrogens with zero attached hydrogens (tertiary/aromatic N) is 2. The quantitative estimate of drug-likeness (QED) is 0.491. The van der Waals surface area contributed by atoms with E-state index in [1.54, 1.807) is 12.1 Å². The van der Waals surface area contributed by atoms with Gasteiger partial charge in [0.15, 0.2) is 0 Å². The summed E-state index contributed by atoms with van der Waals surface area (Å²) in [6.07, 6.45) is 0.547. The van der Waals surface area contributed by atoms with Crippen molar-refractivity contribution in [1.82, 2.24) is 25.5 Å². The number of imide groups is 1. The highest BCUT2D eigenvalue weighted by molar-refractivity contribution is 6.05. The molecule has 5 rings (SSSR count). The van der Waals surface area contributed by atoms with Gasteiger partial charge in [-0.25, -0.2) is 4.98 Å². The summed E-state index contributed by atoms with van der Waals surface area (Å²) in [6.45, 7) is 2.27. The normalized spacial score (nSPS) is 21.0. The molecule has 3 amide bonds. The number of hydrogen-bond acceptors (Lipinski definition) is 7. The number of rotatable bonds is 5. The molecule has 1 aromatic heterocycles. The molecule has 0 bridgehead atoms. The van der Waals surface area contributed by atoms with E-state index in [1.165, 1.54) is 11.0 Å². The van der Waals surface area contributed by atoms with Gasteiger partial charge in [0.2, 0.25) is 11.8 Å². The fraction of sp³-hybridized carbons (Fsp3) is 0.381. The fourth-order valence-electron chi connectivity index (χ4n) is 4.24. The molecule has 1 aromatic carbocycles. The van der Waals surface area contributed by atoms with Crippen molar-refractivity contribution in [3.05, 3.63) is 57.1 Å². The van der Waals surface area contributed by atoms with E-state index in [4.69, 9.17) is 0 Å². The van der Waals surface area contributed by atoms with Crippen LogP contribution in [0.15, 0.2) is 29.1 Å². The van der Waals surface area contributed by atoms with E-state index < -0.39 is 11.9 Å². The first kappa shape index (κ1) is 19.4. The molecule has 10 heteroatoms. The largest absolute Gasteiger partial charge is 0.366 e. The number of carbonyl (C=O) groups excluding carboxylic acids is 3. The van der Waals surface area contributed by atoms with E-state index in [0.717, 1.165) is 24.2 Å². The lowest BCUT2D eigenvalue weighted by Crippen LogP contribution is -2.52. The average Bonchev–Trinajstić information content (AvgIpc) is 3.02. The molecule has 4 N–H and O–H groups in total. The molecule has 0 aliphatic carbocycles. The summed E-state index contributed by atoms with van der Waals surface area (Å²) in [5.41, 5.74) is 2.09. The van der Waals surface area contributed by atoms with Gasteiger partial charge < -0.3 is 20.5 Å². The monoisotopic (exact) mass is 422 g/mol. The van der Waals surface area contributed by atoms with Crippen molar-refractivity contribution in [1.29, 1.82) is 0 Å². The van der Waals surface area contributed by atoms with Crippen molar-refractivity contribution in [3.63, 3.8) is 0 Å². The average molecular weight is 422 g/mol. The third kappa shape index (κ3) is 3.59. The standard InChI is InChI=1S/C21H22N6O4/c28-17-5-4-15(20(30)26-17)27-10-14-11(2-1-3-13(14)21(27)31)9-23-16-6-18(29)25-19(24-16)12-7-22-8-12/h1-3,6,12,15,22H,4-5,7-10H2,(H,26,28,30)(H2,23,24,25,29). The molecule has 3 aliphatic heterocycles. The Labute approximate surface area is 177 Å². The van der Waals surface area contributed by atoms with E-state index in [-0.39, 0.29) is 29.7 Å². The highest BCUT2D eigenvalue weighted by Crippen LogP contribution is 2.30. The van der Waals surface area contributed by atoms with Crippen molar-refractivity contribution < 1.29 is 14.4 Å². The minimum Gasteiger partial charge on any atom is -0.366 e. The number of benzene rings is 1. The van der Waals surface area contributed by atoms with Gasteiger partial charge in [-0.05, 0) is 23.6 Å². The summed E-state index contributed by atoms with van der Waals surface area (Å²) in [7, 11) is 0. The molecular formula is C21H22N6O4. The van der Waals surface area contributed by atoms with Crippen molar-refractivity contribution in [2.24, 2.45) is 0 Å². The number of aromatic amines is 1. The second kappa shape index (κ2) is 7.62. The number of piperidine rings is 1. The van der Waals surface area contributed by atoms with Crippen molar-refractivity contribution in [3.8, 4) is 0 Å². The van der Waals surface area contributed by atoms with Crippen LogP contribution in [0.1, 0.15) is 46.1 Å². The number of H-pyrrole nitrogens is 1. The predicted molar refractivity (Wildman–Crippen MR) is 110 cm³/mol. The lowest BCUT2D eigenvalue weighted by molar-refractivity contribution is -0.136. The van der Waals surface area contributed by atoms with Crippen LogP contribution >= 0.6 is 0 Å². The lowest BCUT2D eigenvalue weighted by atomic mass is 10.0. The Morgan fingerprint density at radius 2 is 2.00 bits per heavy atom. The van der Waals surface area contributed by atoms with E-state index in [0.29, 0.717) is 36.7 Å². The summed E-state index contributed by atoms with van der Waals surface area (Å²) in [5.74, 6) is 0.400. The number of anilines is 1. The smallest absolute Gasteiger partial charge is 0.255 e. The molecule has 1 atom stereocenters. The number of nitrogens with one attached hydrogen (secondary N) is 4. The van der Waals surface area contributed by atoms with Crippen molar-refractivity contribution in [2.45, 2.75) is 37.9 Å². The van der Waals surface area contributed by atoms with Crippen LogP contribution in [0.5, 0.6) is 0 Å². The molecule has 4 heterocycles. The number of carbonyl (C=O) groups is 3. The topological polar surface area (TPSA) is 136 Å². The van der Waals surface area contributed by atoms with Crippen LogP contribution in [-0.2, 0) is 22.7 Å². The molecule has 3 aliphatic rings. The fourth-order valence-corrected chi connectivity index (χ4v) is 4.24. The molecule has 10 nitrogen and oxygen atoms in total. The minimum absolute atomic E-state index is 0.204. The van der Waals surface area contributed by atoms with Crippen molar-refractivity contribution in [2.75, 3.05) is 18.4 Å². The van der Waals surface area contributed by atoms with Gasteiger partial charge in [0.25, 0.3) is 11.5 Å². The highest BCUT2D eigenvalue weighted by Gasteiger charge is 2.39. The molecule has 2 aromatic rings. The second-order valence-electron chi connectivity index (χ2n) is 8.07.